The summed E-state index contributed by atoms with van der Waals surface area (Å²) in [4.78, 5) is 19.5. The largest absolute Gasteiger partial charge is 1.00 e. The maximum atomic E-state index is 12.8. The molecule has 2 aliphatic rings. The Hall–Kier alpha value is -2.53. The van der Waals surface area contributed by atoms with E-state index in [0.717, 1.165) is 16.0 Å². The molecule has 3 aromatic carbocycles. The first-order chi connectivity index (χ1) is 16.3. The van der Waals surface area contributed by atoms with Crippen LogP contribution in [0.2, 0.25) is 0 Å². The summed E-state index contributed by atoms with van der Waals surface area (Å²) in [5.74, 6) is -0.548. The van der Waals surface area contributed by atoms with Crippen LogP contribution in [0.4, 0.5) is 5.69 Å². The molecule has 172 valence electrons. The van der Waals surface area contributed by atoms with Crippen molar-refractivity contribution in [1.82, 2.24) is 4.98 Å². The first-order valence-corrected chi connectivity index (χ1v) is 12.8. The molecule has 0 saturated heterocycles. The smallest absolute Gasteiger partial charge is 0.869 e. The molecule has 0 aromatic heterocycles. The van der Waals surface area contributed by atoms with E-state index < -0.39 is 21.3 Å². The zero-order valence-electron chi connectivity index (χ0n) is 19.1. The van der Waals surface area contributed by atoms with Crippen molar-refractivity contribution in [3.63, 3.8) is 0 Å². The van der Waals surface area contributed by atoms with Gasteiger partial charge in [0.05, 0.1) is 25.7 Å². The van der Waals surface area contributed by atoms with Gasteiger partial charge in [0.1, 0.15) is 0 Å². The summed E-state index contributed by atoms with van der Waals surface area (Å²) in [5.41, 5.74) is 2.31. The number of hydrogen-bond donors (Lipinski definition) is 1. The average molecular weight is 515 g/mol. The second-order valence-electron chi connectivity index (χ2n) is 7.88. The van der Waals surface area contributed by atoms with Crippen LogP contribution in [0.3, 0.4) is 0 Å². The van der Waals surface area contributed by atoms with Gasteiger partial charge in [0, 0.05) is 29.5 Å². The summed E-state index contributed by atoms with van der Waals surface area (Å²) in [6.07, 6.45) is 0. The number of nitrogens with zero attached hydrogens (tertiary/aromatic N) is 2. The summed E-state index contributed by atoms with van der Waals surface area (Å²) in [6, 6.07) is 18.9. The predicted molar refractivity (Wildman–Crippen MR) is 132 cm³/mol. The summed E-state index contributed by atoms with van der Waals surface area (Å²) in [6.45, 7) is 3.03. The van der Waals surface area contributed by atoms with Crippen LogP contribution in [-0.4, -0.2) is 24.5 Å². The van der Waals surface area contributed by atoms with Crippen molar-refractivity contribution >= 4 is 48.1 Å². The van der Waals surface area contributed by atoms with E-state index >= 15 is 0 Å². The standard InChI is InChI=1S/C25H20N2O5S2.Na/c1-2-27(14-15-6-5-7-17(12-15)34(30,31)32)16-10-11-20-21(13-16)33-25-22(26-20)18-8-3-4-9-19(18)23(28)24(25)29;/h3-13,29H,2,14H2,1H3,(H,30,31,32);/q;+1/p-1. The van der Waals surface area contributed by atoms with Crippen LogP contribution in [0.1, 0.15) is 12.5 Å². The van der Waals surface area contributed by atoms with Gasteiger partial charge in [0.15, 0.2) is 5.43 Å². The summed E-state index contributed by atoms with van der Waals surface area (Å²) < 4.78 is 33.1. The van der Waals surface area contributed by atoms with Gasteiger partial charge in [0.2, 0.25) is 0 Å². The van der Waals surface area contributed by atoms with E-state index in [0.29, 0.717) is 39.9 Å². The molecule has 1 aliphatic carbocycles. The van der Waals surface area contributed by atoms with Gasteiger partial charge in [-0.2, -0.15) is 8.42 Å². The van der Waals surface area contributed by atoms with Crippen LogP contribution in [0.25, 0.3) is 31.6 Å². The molecule has 0 bridgehead atoms. The molecule has 0 radical (unpaired) electrons. The van der Waals surface area contributed by atoms with Gasteiger partial charge in [-0.15, -0.1) is 11.3 Å². The van der Waals surface area contributed by atoms with E-state index in [2.05, 4.69) is 0 Å². The fraction of sp³-hybridized carbons (Fsp3) is 0.120. The van der Waals surface area contributed by atoms with Crippen LogP contribution >= 0.6 is 11.3 Å². The Labute approximate surface area is 228 Å². The van der Waals surface area contributed by atoms with E-state index in [1.54, 1.807) is 30.3 Å². The Balaban J connectivity index is 0.00000289. The van der Waals surface area contributed by atoms with Gasteiger partial charge >= 0.3 is 29.6 Å². The van der Waals surface area contributed by atoms with E-state index in [1.807, 2.05) is 36.1 Å². The van der Waals surface area contributed by atoms with Crippen LogP contribution < -0.4 is 45.0 Å². The molecule has 10 heteroatoms. The van der Waals surface area contributed by atoms with E-state index in [1.165, 1.54) is 23.5 Å². The summed E-state index contributed by atoms with van der Waals surface area (Å²) in [7, 11) is -4.29. The van der Waals surface area contributed by atoms with Crippen molar-refractivity contribution in [2.45, 2.75) is 18.4 Å². The maximum absolute atomic E-state index is 12.8. The zero-order chi connectivity index (χ0) is 24.0. The molecule has 35 heavy (non-hydrogen) atoms. The topological polar surface area (TPSA) is 111 Å². The average Bonchev–Trinajstić information content (AvgIpc) is 2.84. The number of benzene rings is 4. The third-order valence-corrected chi connectivity index (χ3v) is 7.74. The SMILES string of the molecule is CCN(Cc1cccc(S(=O)(=O)O)c1)c1ccc2nc3c4ccccc4c(=O)c([O-])c-3sc2c1.[Na+]. The van der Waals surface area contributed by atoms with Crippen molar-refractivity contribution in [3.8, 4) is 16.3 Å². The number of aromatic nitrogens is 1. The maximum Gasteiger partial charge on any atom is 1.00 e. The van der Waals surface area contributed by atoms with Crippen molar-refractivity contribution in [2.75, 3.05) is 11.4 Å². The minimum Gasteiger partial charge on any atom is -0.869 e. The molecule has 1 heterocycles. The Kier molecular flexibility index (Phi) is 7.19. The third-order valence-electron chi connectivity index (χ3n) is 5.76. The molecule has 0 unspecified atom stereocenters. The minimum absolute atomic E-state index is 0. The molecular weight excluding hydrogens is 495 g/mol. The molecule has 5 rings (SSSR count). The Morgan fingerprint density at radius 2 is 1.77 bits per heavy atom. The van der Waals surface area contributed by atoms with Gasteiger partial charge in [-0.25, -0.2) is 4.98 Å². The van der Waals surface area contributed by atoms with E-state index in [4.69, 9.17) is 4.98 Å². The Morgan fingerprint density at radius 3 is 2.49 bits per heavy atom. The molecule has 0 amide bonds. The molecule has 0 spiro atoms. The zero-order valence-corrected chi connectivity index (χ0v) is 22.7. The Morgan fingerprint density at radius 1 is 1.03 bits per heavy atom. The quantitative estimate of drug-likeness (QED) is 0.163. The second kappa shape index (κ2) is 9.85. The van der Waals surface area contributed by atoms with Crippen LogP contribution in [0, 0.1) is 0 Å². The summed E-state index contributed by atoms with van der Waals surface area (Å²) >= 11 is 1.25. The van der Waals surface area contributed by atoms with Crippen molar-refractivity contribution < 1.29 is 47.6 Å². The third kappa shape index (κ3) is 4.80. The normalized spacial score (nSPS) is 11.6. The first kappa shape index (κ1) is 25.6. The van der Waals surface area contributed by atoms with E-state index in [-0.39, 0.29) is 34.5 Å². The molecule has 1 N–H and O–H groups in total. The molecule has 0 atom stereocenters. The number of fused-ring (bicyclic) bond motifs is 4. The van der Waals surface area contributed by atoms with Gasteiger partial charge in [0.25, 0.3) is 10.1 Å². The number of rotatable bonds is 5. The first-order valence-electron chi connectivity index (χ1n) is 10.5. The second-order valence-corrected chi connectivity index (χ2v) is 10.4. The van der Waals surface area contributed by atoms with Crippen LogP contribution in [0.5, 0.6) is 5.75 Å². The number of hydrogen-bond acceptors (Lipinski definition) is 7. The molecule has 3 aromatic rings. The molecule has 0 saturated carbocycles. The van der Waals surface area contributed by atoms with Crippen LogP contribution in [0.15, 0.2) is 76.4 Å². The monoisotopic (exact) mass is 514 g/mol. The van der Waals surface area contributed by atoms with Crippen molar-refractivity contribution in [2.24, 2.45) is 0 Å². The fourth-order valence-corrected chi connectivity index (χ4v) is 5.67. The van der Waals surface area contributed by atoms with Gasteiger partial charge in [-0.1, -0.05) is 36.4 Å². The fourth-order valence-electron chi connectivity index (χ4n) is 4.06. The van der Waals surface area contributed by atoms with Crippen molar-refractivity contribution in [1.29, 1.82) is 0 Å². The Bertz CT molecular complexity index is 1700. The van der Waals surface area contributed by atoms with Gasteiger partial charge in [-0.05, 0) is 48.6 Å². The van der Waals surface area contributed by atoms with Gasteiger partial charge in [-0.3, -0.25) is 9.35 Å². The minimum atomic E-state index is -4.29. The summed E-state index contributed by atoms with van der Waals surface area (Å²) in [5, 5.41) is 13.8. The molecular formula is C25H19N2NaO5S2. The van der Waals surface area contributed by atoms with Crippen LogP contribution in [-0.2, 0) is 16.7 Å². The molecule has 0 fully saturated rings. The molecule has 1 aliphatic heterocycles. The molecule has 7 nitrogen and oxygen atoms in total. The van der Waals surface area contributed by atoms with Crippen molar-refractivity contribution in [3.05, 3.63) is 82.5 Å². The van der Waals surface area contributed by atoms with E-state index in [9.17, 15) is 22.9 Å². The van der Waals surface area contributed by atoms with Gasteiger partial charge < -0.3 is 10.0 Å². The predicted octanol–water partition coefficient (Wildman–Crippen LogP) is 1.27. The number of anilines is 1.